The molecule has 0 bridgehead atoms. The zero-order valence-electron chi connectivity index (χ0n) is 12.2. The number of piperidine rings is 1. The first-order valence-electron chi connectivity index (χ1n) is 7.34. The van der Waals surface area contributed by atoms with Crippen molar-refractivity contribution >= 4 is 0 Å². The maximum atomic E-state index is 4.48. The topological polar surface area (TPSA) is 51.8 Å². The Hall–Kier alpha value is -1.69. The van der Waals surface area contributed by atoms with Crippen LogP contribution in [0, 0.1) is 0 Å². The Morgan fingerprint density at radius 1 is 1.25 bits per heavy atom. The van der Waals surface area contributed by atoms with Crippen LogP contribution in [0.3, 0.4) is 0 Å². The van der Waals surface area contributed by atoms with Gasteiger partial charge in [0, 0.05) is 24.9 Å². The molecule has 0 atom stereocenters. The highest BCUT2D eigenvalue weighted by Gasteiger charge is 2.24. The SMILES string of the molecule is CCn1c(Cn2ccnc2)nnc1C1CCN(C)CC1. The Balaban J connectivity index is 1.80. The summed E-state index contributed by atoms with van der Waals surface area (Å²) in [4.78, 5) is 6.46. The maximum Gasteiger partial charge on any atom is 0.153 e. The summed E-state index contributed by atoms with van der Waals surface area (Å²) < 4.78 is 4.31. The van der Waals surface area contributed by atoms with Crippen molar-refractivity contribution in [2.45, 2.75) is 38.8 Å². The third-order valence-corrected chi connectivity index (χ3v) is 4.14. The molecular formula is C14H22N6. The zero-order chi connectivity index (χ0) is 13.9. The van der Waals surface area contributed by atoms with E-state index in [1.807, 2.05) is 17.1 Å². The van der Waals surface area contributed by atoms with Crippen LogP contribution in [0.15, 0.2) is 18.7 Å². The predicted molar refractivity (Wildman–Crippen MR) is 76.5 cm³/mol. The first kappa shape index (κ1) is 13.3. The summed E-state index contributed by atoms with van der Waals surface area (Å²) in [5.74, 6) is 2.74. The normalized spacial score (nSPS) is 17.7. The summed E-state index contributed by atoms with van der Waals surface area (Å²) in [6, 6.07) is 0. The van der Waals surface area contributed by atoms with Gasteiger partial charge in [0.15, 0.2) is 5.82 Å². The van der Waals surface area contributed by atoms with Crippen molar-refractivity contribution in [1.82, 2.24) is 29.2 Å². The van der Waals surface area contributed by atoms with Gasteiger partial charge in [0.05, 0.1) is 12.9 Å². The molecule has 2 aromatic heterocycles. The van der Waals surface area contributed by atoms with E-state index in [-0.39, 0.29) is 0 Å². The van der Waals surface area contributed by atoms with Crippen molar-refractivity contribution in [3.05, 3.63) is 30.4 Å². The second kappa shape index (κ2) is 5.75. The smallest absolute Gasteiger partial charge is 0.153 e. The van der Waals surface area contributed by atoms with Crippen molar-refractivity contribution in [3.63, 3.8) is 0 Å². The first-order valence-corrected chi connectivity index (χ1v) is 7.34. The fraction of sp³-hybridized carbons (Fsp3) is 0.643. The standard InChI is InChI=1S/C14H22N6/c1-3-20-13(10-19-9-6-15-11-19)16-17-14(20)12-4-7-18(2)8-5-12/h6,9,11-12H,3-5,7-8,10H2,1-2H3. The Morgan fingerprint density at radius 3 is 2.70 bits per heavy atom. The molecule has 0 N–H and O–H groups in total. The number of likely N-dealkylation sites (tertiary alicyclic amines) is 1. The highest BCUT2D eigenvalue weighted by molar-refractivity contribution is 5.04. The van der Waals surface area contributed by atoms with Crippen LogP contribution < -0.4 is 0 Å². The minimum atomic E-state index is 0.551. The average molecular weight is 274 g/mol. The van der Waals surface area contributed by atoms with Gasteiger partial charge in [-0.1, -0.05) is 0 Å². The van der Waals surface area contributed by atoms with E-state index in [1.165, 1.54) is 12.8 Å². The number of rotatable bonds is 4. The van der Waals surface area contributed by atoms with E-state index < -0.39 is 0 Å². The molecule has 20 heavy (non-hydrogen) atoms. The van der Waals surface area contributed by atoms with E-state index in [4.69, 9.17) is 0 Å². The van der Waals surface area contributed by atoms with Crippen LogP contribution in [-0.4, -0.2) is 49.4 Å². The van der Waals surface area contributed by atoms with Crippen LogP contribution in [0.2, 0.25) is 0 Å². The van der Waals surface area contributed by atoms with E-state index in [1.54, 1.807) is 6.20 Å². The van der Waals surface area contributed by atoms with Gasteiger partial charge < -0.3 is 14.0 Å². The Morgan fingerprint density at radius 2 is 2.05 bits per heavy atom. The lowest BCUT2D eigenvalue weighted by Gasteiger charge is -2.28. The van der Waals surface area contributed by atoms with Gasteiger partial charge in [0.25, 0.3) is 0 Å². The van der Waals surface area contributed by atoms with Gasteiger partial charge in [-0.25, -0.2) is 4.98 Å². The van der Waals surface area contributed by atoms with Crippen molar-refractivity contribution < 1.29 is 0 Å². The molecule has 3 heterocycles. The molecule has 0 spiro atoms. The highest BCUT2D eigenvalue weighted by Crippen LogP contribution is 2.26. The second-order valence-electron chi connectivity index (χ2n) is 5.53. The van der Waals surface area contributed by atoms with E-state index in [9.17, 15) is 0 Å². The first-order chi connectivity index (χ1) is 9.78. The molecule has 0 saturated carbocycles. The van der Waals surface area contributed by atoms with Crippen LogP contribution in [0.5, 0.6) is 0 Å². The van der Waals surface area contributed by atoms with E-state index in [2.05, 4.69) is 38.6 Å². The molecule has 0 aliphatic carbocycles. The third kappa shape index (κ3) is 2.60. The Labute approximate surface area is 119 Å². The molecule has 3 rings (SSSR count). The number of hydrogen-bond acceptors (Lipinski definition) is 4. The molecule has 1 aliphatic rings. The fourth-order valence-electron chi connectivity index (χ4n) is 2.92. The molecule has 6 heteroatoms. The van der Waals surface area contributed by atoms with E-state index in [0.717, 1.165) is 37.8 Å². The van der Waals surface area contributed by atoms with Gasteiger partial charge in [-0.15, -0.1) is 10.2 Å². The summed E-state index contributed by atoms with van der Waals surface area (Å²) in [6.07, 6.45) is 7.94. The van der Waals surface area contributed by atoms with Crippen LogP contribution in [-0.2, 0) is 13.1 Å². The molecule has 0 aromatic carbocycles. The molecule has 1 fully saturated rings. The second-order valence-corrected chi connectivity index (χ2v) is 5.53. The van der Waals surface area contributed by atoms with Crippen molar-refractivity contribution in [1.29, 1.82) is 0 Å². The lowest BCUT2D eigenvalue weighted by molar-refractivity contribution is 0.248. The van der Waals surface area contributed by atoms with Crippen molar-refractivity contribution in [3.8, 4) is 0 Å². The summed E-state index contributed by atoms with van der Waals surface area (Å²) in [7, 11) is 2.19. The van der Waals surface area contributed by atoms with Gasteiger partial charge in [0.1, 0.15) is 5.82 Å². The lowest BCUT2D eigenvalue weighted by atomic mass is 9.96. The van der Waals surface area contributed by atoms with Gasteiger partial charge in [-0.2, -0.15) is 0 Å². The summed E-state index contributed by atoms with van der Waals surface area (Å²) in [5, 5.41) is 8.88. The maximum absolute atomic E-state index is 4.48. The van der Waals surface area contributed by atoms with Crippen LogP contribution in [0.25, 0.3) is 0 Å². The molecule has 6 nitrogen and oxygen atoms in total. The molecule has 0 unspecified atom stereocenters. The number of imidazole rings is 1. The monoisotopic (exact) mass is 274 g/mol. The number of aromatic nitrogens is 5. The van der Waals surface area contributed by atoms with Crippen LogP contribution in [0.4, 0.5) is 0 Å². The number of hydrogen-bond donors (Lipinski definition) is 0. The molecule has 2 aromatic rings. The van der Waals surface area contributed by atoms with Crippen LogP contribution in [0.1, 0.15) is 37.3 Å². The lowest BCUT2D eigenvalue weighted by Crippen LogP contribution is -2.30. The quantitative estimate of drug-likeness (QED) is 0.844. The highest BCUT2D eigenvalue weighted by atomic mass is 15.3. The van der Waals surface area contributed by atoms with Gasteiger partial charge in [-0.3, -0.25) is 0 Å². The van der Waals surface area contributed by atoms with Gasteiger partial charge >= 0.3 is 0 Å². The molecule has 1 aliphatic heterocycles. The Bertz CT molecular complexity index is 536. The third-order valence-electron chi connectivity index (χ3n) is 4.14. The van der Waals surface area contributed by atoms with Crippen molar-refractivity contribution in [2.75, 3.05) is 20.1 Å². The number of nitrogens with zero attached hydrogens (tertiary/aromatic N) is 6. The minimum Gasteiger partial charge on any atom is -0.330 e. The largest absolute Gasteiger partial charge is 0.330 e. The molecule has 0 amide bonds. The van der Waals surface area contributed by atoms with Gasteiger partial charge in [0.2, 0.25) is 0 Å². The average Bonchev–Trinajstić information content (AvgIpc) is 3.10. The van der Waals surface area contributed by atoms with E-state index in [0.29, 0.717) is 5.92 Å². The fourth-order valence-corrected chi connectivity index (χ4v) is 2.92. The summed E-state index contributed by atoms with van der Waals surface area (Å²) >= 11 is 0. The molecule has 108 valence electrons. The summed E-state index contributed by atoms with van der Waals surface area (Å²) in [5.41, 5.74) is 0. The van der Waals surface area contributed by atoms with Crippen LogP contribution >= 0.6 is 0 Å². The minimum absolute atomic E-state index is 0.551. The summed E-state index contributed by atoms with van der Waals surface area (Å²) in [6.45, 7) is 6.14. The van der Waals surface area contributed by atoms with Gasteiger partial charge in [-0.05, 0) is 39.9 Å². The van der Waals surface area contributed by atoms with Crippen molar-refractivity contribution in [2.24, 2.45) is 0 Å². The predicted octanol–water partition coefficient (Wildman–Crippen LogP) is 1.35. The molecule has 1 saturated heterocycles. The Kier molecular flexibility index (Phi) is 3.82. The zero-order valence-corrected chi connectivity index (χ0v) is 12.2. The van der Waals surface area contributed by atoms with E-state index >= 15 is 0 Å². The molecule has 0 radical (unpaired) electrons. The molecular weight excluding hydrogens is 252 g/mol.